The monoisotopic (exact) mass is 303 g/mol. The molecule has 6 nitrogen and oxygen atoms in total. The van der Waals surface area contributed by atoms with Crippen LogP contribution in [-0.2, 0) is 11.2 Å². The maximum absolute atomic E-state index is 11.9. The molecule has 0 spiro atoms. The van der Waals surface area contributed by atoms with E-state index in [0.717, 1.165) is 11.3 Å². The second-order valence-corrected chi connectivity index (χ2v) is 4.63. The molecule has 0 bridgehead atoms. The first kappa shape index (κ1) is 15.6. The normalized spacial score (nSPS) is 10.3. The number of ether oxygens (including phenoxy) is 2. The Morgan fingerprint density at radius 1 is 1.27 bits per heavy atom. The van der Waals surface area contributed by atoms with Gasteiger partial charge in [0.25, 0.3) is 5.56 Å². The number of nitrogens with one attached hydrogen (secondary N) is 1. The Bertz CT molecular complexity index is 718. The van der Waals surface area contributed by atoms with Gasteiger partial charge in [-0.2, -0.15) is 0 Å². The molecule has 0 aliphatic heterocycles. The maximum Gasteiger partial charge on any atom is 0.347 e. The molecule has 6 heteroatoms. The van der Waals surface area contributed by atoms with Crippen molar-refractivity contribution in [2.24, 2.45) is 0 Å². The van der Waals surface area contributed by atoms with Crippen molar-refractivity contribution in [3.63, 3.8) is 0 Å². The molecule has 0 saturated heterocycles. The first-order valence-corrected chi connectivity index (χ1v) is 6.80. The largest absolute Gasteiger partial charge is 0.507 e. The number of carbonyl (C=O) groups is 1. The average molecular weight is 303 g/mol. The highest BCUT2D eigenvalue weighted by atomic mass is 16.5. The fourth-order valence-electron chi connectivity index (χ4n) is 2.06. The lowest BCUT2D eigenvalue weighted by Crippen LogP contribution is -2.21. The molecule has 0 atom stereocenters. The average Bonchev–Trinajstić information content (AvgIpc) is 2.47. The van der Waals surface area contributed by atoms with Crippen LogP contribution in [0.4, 0.5) is 0 Å². The number of hydrogen-bond acceptors (Lipinski definition) is 5. The van der Waals surface area contributed by atoms with Crippen LogP contribution in [0.1, 0.15) is 28.5 Å². The van der Waals surface area contributed by atoms with Gasteiger partial charge in [0.2, 0.25) is 0 Å². The molecule has 2 aromatic rings. The molecule has 1 aromatic carbocycles. The summed E-state index contributed by atoms with van der Waals surface area (Å²) >= 11 is 0. The Morgan fingerprint density at radius 2 is 1.95 bits per heavy atom. The number of pyridine rings is 1. The van der Waals surface area contributed by atoms with Gasteiger partial charge in [0.15, 0.2) is 5.56 Å². The summed E-state index contributed by atoms with van der Waals surface area (Å²) in [4.78, 5) is 26.1. The molecule has 1 aromatic heterocycles. The van der Waals surface area contributed by atoms with Gasteiger partial charge in [-0.25, -0.2) is 4.79 Å². The van der Waals surface area contributed by atoms with Crippen molar-refractivity contribution in [3.8, 4) is 11.5 Å². The number of methoxy groups -OCH3 is 1. The summed E-state index contributed by atoms with van der Waals surface area (Å²) in [5, 5.41) is 9.89. The van der Waals surface area contributed by atoms with E-state index in [4.69, 9.17) is 9.47 Å². The van der Waals surface area contributed by atoms with E-state index in [1.807, 2.05) is 12.1 Å². The number of aromatic hydroxyl groups is 1. The van der Waals surface area contributed by atoms with Crippen LogP contribution >= 0.6 is 0 Å². The quantitative estimate of drug-likeness (QED) is 0.823. The summed E-state index contributed by atoms with van der Waals surface area (Å²) in [6.07, 6.45) is 0.413. The molecule has 2 rings (SSSR count). The third-order valence-corrected chi connectivity index (χ3v) is 3.10. The molecule has 1 heterocycles. The fourth-order valence-corrected chi connectivity index (χ4v) is 2.06. The van der Waals surface area contributed by atoms with Gasteiger partial charge in [0.1, 0.15) is 11.5 Å². The van der Waals surface area contributed by atoms with Crippen molar-refractivity contribution >= 4 is 5.97 Å². The molecular weight excluding hydrogens is 286 g/mol. The topological polar surface area (TPSA) is 88.6 Å². The van der Waals surface area contributed by atoms with Crippen LogP contribution in [0, 0.1) is 0 Å². The van der Waals surface area contributed by atoms with Gasteiger partial charge in [-0.05, 0) is 24.6 Å². The number of aromatic amines is 1. The van der Waals surface area contributed by atoms with Crippen LogP contribution < -0.4 is 10.3 Å². The van der Waals surface area contributed by atoms with Gasteiger partial charge in [-0.15, -0.1) is 0 Å². The number of aromatic nitrogens is 1. The summed E-state index contributed by atoms with van der Waals surface area (Å²) < 4.78 is 9.81. The van der Waals surface area contributed by atoms with Gasteiger partial charge < -0.3 is 19.6 Å². The number of hydrogen-bond donors (Lipinski definition) is 2. The maximum atomic E-state index is 11.9. The predicted octanol–water partition coefficient (Wildman–Crippen LogP) is 1.86. The number of rotatable bonds is 5. The van der Waals surface area contributed by atoms with E-state index in [1.165, 1.54) is 6.07 Å². The molecule has 0 aliphatic carbocycles. The summed E-state index contributed by atoms with van der Waals surface area (Å²) in [5.74, 6) is -0.485. The van der Waals surface area contributed by atoms with E-state index < -0.39 is 11.5 Å². The summed E-state index contributed by atoms with van der Waals surface area (Å²) in [6, 6.07) is 8.68. The molecule has 0 radical (unpaired) electrons. The molecule has 0 amide bonds. The Kier molecular flexibility index (Phi) is 4.83. The van der Waals surface area contributed by atoms with E-state index in [1.54, 1.807) is 26.2 Å². The van der Waals surface area contributed by atoms with E-state index in [9.17, 15) is 14.7 Å². The van der Waals surface area contributed by atoms with Gasteiger partial charge in [-0.3, -0.25) is 4.79 Å². The minimum atomic E-state index is -0.836. The van der Waals surface area contributed by atoms with Crippen molar-refractivity contribution in [3.05, 3.63) is 57.5 Å². The van der Waals surface area contributed by atoms with Crippen molar-refractivity contribution < 1.29 is 19.4 Å². The summed E-state index contributed by atoms with van der Waals surface area (Å²) in [7, 11) is 1.58. The predicted molar refractivity (Wildman–Crippen MR) is 80.5 cm³/mol. The van der Waals surface area contributed by atoms with Crippen LogP contribution in [0.5, 0.6) is 11.5 Å². The number of esters is 1. The smallest absolute Gasteiger partial charge is 0.347 e. The molecule has 0 fully saturated rings. The van der Waals surface area contributed by atoms with Crippen LogP contribution in [0.3, 0.4) is 0 Å². The lowest BCUT2D eigenvalue weighted by atomic mass is 10.1. The molecule has 0 unspecified atom stereocenters. The first-order chi connectivity index (χ1) is 10.5. The van der Waals surface area contributed by atoms with Crippen LogP contribution in [0.2, 0.25) is 0 Å². The second-order valence-electron chi connectivity index (χ2n) is 4.63. The fraction of sp³-hybridized carbons (Fsp3) is 0.250. The van der Waals surface area contributed by atoms with E-state index in [2.05, 4.69) is 4.98 Å². The van der Waals surface area contributed by atoms with Gasteiger partial charge in [0, 0.05) is 18.2 Å². The van der Waals surface area contributed by atoms with Crippen molar-refractivity contribution in [1.29, 1.82) is 0 Å². The zero-order valence-electron chi connectivity index (χ0n) is 12.4. The van der Waals surface area contributed by atoms with Gasteiger partial charge in [-0.1, -0.05) is 12.1 Å². The van der Waals surface area contributed by atoms with E-state index in [0.29, 0.717) is 12.1 Å². The highest BCUT2D eigenvalue weighted by molar-refractivity contribution is 5.91. The number of H-pyrrole nitrogens is 1. The second kappa shape index (κ2) is 6.80. The lowest BCUT2D eigenvalue weighted by molar-refractivity contribution is 0.0521. The summed E-state index contributed by atoms with van der Waals surface area (Å²) in [5.41, 5.74) is 0.391. The molecule has 0 saturated carbocycles. The Hall–Kier alpha value is -2.76. The Morgan fingerprint density at radius 3 is 2.50 bits per heavy atom. The Labute approximate surface area is 127 Å². The third-order valence-electron chi connectivity index (χ3n) is 3.10. The van der Waals surface area contributed by atoms with Crippen LogP contribution in [0.25, 0.3) is 0 Å². The highest BCUT2D eigenvalue weighted by Gasteiger charge is 2.18. The van der Waals surface area contributed by atoms with Crippen molar-refractivity contribution in [2.75, 3.05) is 13.7 Å². The van der Waals surface area contributed by atoms with E-state index in [-0.39, 0.29) is 17.9 Å². The molecule has 2 N–H and O–H groups in total. The molecular formula is C16H17NO5. The number of carbonyl (C=O) groups excluding carboxylic acids is 1. The van der Waals surface area contributed by atoms with Crippen LogP contribution in [-0.4, -0.2) is 29.8 Å². The van der Waals surface area contributed by atoms with Gasteiger partial charge in [0.05, 0.1) is 13.7 Å². The third kappa shape index (κ3) is 3.46. The van der Waals surface area contributed by atoms with Crippen LogP contribution in [0.15, 0.2) is 35.1 Å². The minimum absolute atomic E-state index is 0.130. The zero-order chi connectivity index (χ0) is 16.1. The summed E-state index contributed by atoms with van der Waals surface area (Å²) in [6.45, 7) is 1.76. The first-order valence-electron chi connectivity index (χ1n) is 6.80. The molecule has 22 heavy (non-hydrogen) atoms. The standard InChI is InChI=1S/C16H17NO5/c1-3-22-16(20)14-13(18)9-11(17-15(14)19)8-10-4-6-12(21-2)7-5-10/h4-7,9H,3,8H2,1-2H3,(H2,17,18,19). The van der Waals surface area contributed by atoms with Crippen molar-refractivity contribution in [2.45, 2.75) is 13.3 Å². The lowest BCUT2D eigenvalue weighted by Gasteiger charge is -2.07. The SMILES string of the molecule is CCOC(=O)c1c(O)cc(Cc2ccc(OC)cc2)[nH]c1=O. The highest BCUT2D eigenvalue weighted by Crippen LogP contribution is 2.18. The van der Waals surface area contributed by atoms with E-state index >= 15 is 0 Å². The Balaban J connectivity index is 2.26. The zero-order valence-corrected chi connectivity index (χ0v) is 12.4. The molecule has 116 valence electrons. The van der Waals surface area contributed by atoms with Crippen molar-refractivity contribution in [1.82, 2.24) is 4.98 Å². The minimum Gasteiger partial charge on any atom is -0.507 e. The molecule has 0 aliphatic rings. The number of benzene rings is 1. The van der Waals surface area contributed by atoms with Gasteiger partial charge >= 0.3 is 5.97 Å².